The van der Waals surface area contributed by atoms with Gasteiger partial charge in [-0.25, -0.2) is 9.00 Å². The Bertz CT molecular complexity index is 878. The number of piperidine rings is 1. The molecule has 1 fully saturated rings. The lowest BCUT2D eigenvalue weighted by Gasteiger charge is -2.33. The van der Waals surface area contributed by atoms with Crippen molar-refractivity contribution >= 4 is 17.5 Å². The summed E-state index contributed by atoms with van der Waals surface area (Å²) in [5.41, 5.74) is 1.97. The molecule has 3 rings (SSSR count). The lowest BCUT2D eigenvalue weighted by Crippen LogP contribution is -2.41. The van der Waals surface area contributed by atoms with Gasteiger partial charge in [-0.3, -0.25) is 4.18 Å². The molecule has 1 aromatic carbocycles. The smallest absolute Gasteiger partial charge is 0.410 e. The van der Waals surface area contributed by atoms with Crippen LogP contribution >= 0.6 is 0 Å². The first kappa shape index (κ1) is 22.5. The summed E-state index contributed by atoms with van der Waals surface area (Å²) in [7, 11) is 0. The summed E-state index contributed by atoms with van der Waals surface area (Å²) in [5.74, 6) is 0.764. The number of carbonyl (C=O) groups excluding carboxylic acids is 1. The minimum Gasteiger partial charge on any atom is -0.750 e. The van der Waals surface area contributed by atoms with Crippen molar-refractivity contribution in [3.05, 3.63) is 59.0 Å². The molecule has 8 heteroatoms. The normalized spacial score (nSPS) is 17.6. The Morgan fingerprint density at radius 2 is 1.83 bits per heavy atom. The van der Waals surface area contributed by atoms with Gasteiger partial charge in [-0.1, -0.05) is 29.8 Å². The Balaban J connectivity index is 1.76. The number of rotatable bonds is 5. The van der Waals surface area contributed by atoms with E-state index in [-0.39, 0.29) is 12.0 Å². The lowest BCUT2D eigenvalue weighted by atomic mass is 9.89. The summed E-state index contributed by atoms with van der Waals surface area (Å²) < 4.78 is 39.2. The average Bonchev–Trinajstić information content (AvgIpc) is 3.15. The maximum absolute atomic E-state index is 12.3. The molecular formula is C22H28NO6S-. The highest BCUT2D eigenvalue weighted by atomic mass is 32.2. The van der Waals surface area contributed by atoms with Crippen molar-refractivity contribution in [2.24, 2.45) is 0 Å². The topological polar surface area (TPSA) is 92.0 Å². The molecule has 0 N–H and O–H groups in total. The number of furan rings is 1. The molecule has 2 heterocycles. The summed E-state index contributed by atoms with van der Waals surface area (Å²) in [6.07, 6.45) is 1.86. The lowest BCUT2D eigenvalue weighted by molar-refractivity contribution is 0.0199. The highest BCUT2D eigenvalue weighted by molar-refractivity contribution is 7.74. The van der Waals surface area contributed by atoms with E-state index in [1.807, 2.05) is 52.0 Å². The van der Waals surface area contributed by atoms with Gasteiger partial charge in [-0.05, 0) is 52.2 Å². The zero-order chi connectivity index (χ0) is 21.9. The molecule has 1 aromatic heterocycles. The zero-order valence-electron chi connectivity index (χ0n) is 17.8. The largest absolute Gasteiger partial charge is 0.750 e. The van der Waals surface area contributed by atoms with Crippen LogP contribution in [0.3, 0.4) is 0 Å². The third kappa shape index (κ3) is 5.71. The van der Waals surface area contributed by atoms with Crippen LogP contribution in [0.2, 0.25) is 0 Å². The Morgan fingerprint density at radius 3 is 2.40 bits per heavy atom. The number of ether oxygens (including phenoxy) is 1. The minimum absolute atomic E-state index is 0.0605. The number of likely N-dealkylation sites (tertiary alicyclic amines) is 1. The van der Waals surface area contributed by atoms with E-state index >= 15 is 0 Å². The molecule has 30 heavy (non-hydrogen) atoms. The van der Waals surface area contributed by atoms with Crippen molar-refractivity contribution in [3.63, 3.8) is 0 Å². The van der Waals surface area contributed by atoms with Crippen LogP contribution in [0.4, 0.5) is 4.79 Å². The predicted octanol–water partition coefficient (Wildman–Crippen LogP) is 4.60. The van der Waals surface area contributed by atoms with Gasteiger partial charge in [0.2, 0.25) is 0 Å². The average molecular weight is 435 g/mol. The molecule has 1 amide bonds. The molecule has 0 bridgehead atoms. The molecule has 0 radical (unpaired) electrons. The van der Waals surface area contributed by atoms with Crippen molar-refractivity contribution in [2.75, 3.05) is 13.1 Å². The molecule has 1 saturated heterocycles. The van der Waals surface area contributed by atoms with Crippen LogP contribution in [0.25, 0.3) is 0 Å². The monoisotopic (exact) mass is 434 g/mol. The molecule has 2 atom stereocenters. The molecule has 0 saturated carbocycles. The Morgan fingerprint density at radius 1 is 1.20 bits per heavy atom. The second-order valence-corrected chi connectivity index (χ2v) is 9.17. The second kappa shape index (κ2) is 9.32. The van der Waals surface area contributed by atoms with E-state index in [1.54, 1.807) is 17.2 Å². The number of amides is 1. The fourth-order valence-corrected chi connectivity index (χ4v) is 4.01. The minimum atomic E-state index is -2.68. The van der Waals surface area contributed by atoms with Crippen LogP contribution in [-0.2, 0) is 20.3 Å². The number of aryl methyl sites for hydroxylation is 1. The van der Waals surface area contributed by atoms with Gasteiger partial charge in [-0.15, -0.1) is 0 Å². The molecule has 2 unspecified atom stereocenters. The first-order chi connectivity index (χ1) is 14.1. The van der Waals surface area contributed by atoms with Crippen molar-refractivity contribution in [2.45, 2.75) is 58.2 Å². The number of nitrogens with zero attached hydrogens (tertiary/aromatic N) is 1. The van der Waals surface area contributed by atoms with Crippen LogP contribution in [0.5, 0.6) is 0 Å². The second-order valence-electron chi connectivity index (χ2n) is 8.57. The number of carbonyl (C=O) groups is 1. The molecule has 7 nitrogen and oxygen atoms in total. The molecule has 164 valence electrons. The predicted molar refractivity (Wildman–Crippen MR) is 112 cm³/mol. The first-order valence-electron chi connectivity index (χ1n) is 10.0. The van der Waals surface area contributed by atoms with Crippen molar-refractivity contribution in [3.8, 4) is 0 Å². The van der Waals surface area contributed by atoms with Gasteiger partial charge < -0.3 is 18.6 Å². The van der Waals surface area contributed by atoms with Gasteiger partial charge in [-0.2, -0.15) is 0 Å². The number of hydrogen-bond acceptors (Lipinski definition) is 6. The zero-order valence-corrected chi connectivity index (χ0v) is 18.6. The van der Waals surface area contributed by atoms with Gasteiger partial charge in [0.05, 0.1) is 17.6 Å². The standard InChI is InChI=1S/C22H29NO6S/c1-15-5-7-16(8-6-15)20(29-30(25)26)18-11-14-27-19(18)17-9-12-23(13-10-17)21(24)28-22(2,3)4/h5-8,11,14,17,20H,9-10,12-13H2,1-4H3,(H,25,26)/p-1. The fourth-order valence-electron chi connectivity index (χ4n) is 3.64. The molecule has 0 spiro atoms. The van der Waals surface area contributed by atoms with Crippen LogP contribution in [-0.4, -0.2) is 38.4 Å². The van der Waals surface area contributed by atoms with E-state index in [9.17, 15) is 13.6 Å². The quantitative estimate of drug-likeness (QED) is 0.639. The summed E-state index contributed by atoms with van der Waals surface area (Å²) >= 11 is -2.68. The van der Waals surface area contributed by atoms with E-state index in [2.05, 4.69) is 0 Å². The van der Waals surface area contributed by atoms with Crippen molar-refractivity contribution < 1.29 is 26.9 Å². The van der Waals surface area contributed by atoms with Crippen LogP contribution < -0.4 is 0 Å². The number of hydrogen-bond donors (Lipinski definition) is 0. The molecule has 1 aliphatic heterocycles. The van der Waals surface area contributed by atoms with Crippen LogP contribution in [0.1, 0.15) is 68.1 Å². The molecule has 1 aliphatic rings. The third-order valence-electron chi connectivity index (χ3n) is 5.08. The van der Waals surface area contributed by atoms with Crippen LogP contribution in [0.15, 0.2) is 41.0 Å². The molecule has 2 aromatic rings. The molecule has 0 aliphatic carbocycles. The van der Waals surface area contributed by atoms with Gasteiger partial charge >= 0.3 is 6.09 Å². The SMILES string of the molecule is Cc1ccc(C(OS(=O)[O-])c2ccoc2C2CCN(C(=O)OC(C)(C)C)CC2)cc1. The van der Waals surface area contributed by atoms with E-state index in [4.69, 9.17) is 13.3 Å². The van der Waals surface area contributed by atoms with Gasteiger partial charge in [0.15, 0.2) is 0 Å². The third-order valence-corrected chi connectivity index (χ3v) is 5.43. The highest BCUT2D eigenvalue weighted by Crippen LogP contribution is 2.38. The summed E-state index contributed by atoms with van der Waals surface area (Å²) in [6.45, 7) is 8.59. The van der Waals surface area contributed by atoms with Crippen molar-refractivity contribution in [1.82, 2.24) is 4.90 Å². The van der Waals surface area contributed by atoms with E-state index in [0.29, 0.717) is 37.3 Å². The van der Waals surface area contributed by atoms with Gasteiger partial charge in [0.25, 0.3) is 0 Å². The maximum atomic E-state index is 12.3. The Labute approximate surface area is 179 Å². The van der Waals surface area contributed by atoms with Gasteiger partial charge in [0, 0.05) is 24.6 Å². The Kier molecular flexibility index (Phi) is 7.00. The summed E-state index contributed by atoms with van der Waals surface area (Å²) in [6, 6.07) is 9.30. The van der Waals surface area contributed by atoms with Gasteiger partial charge in [0.1, 0.15) is 17.5 Å². The molecular weight excluding hydrogens is 406 g/mol. The Hall–Kier alpha value is -2.16. The first-order valence-corrected chi connectivity index (χ1v) is 11.0. The summed E-state index contributed by atoms with van der Waals surface area (Å²) in [4.78, 5) is 14.0. The van der Waals surface area contributed by atoms with E-state index in [1.165, 1.54) is 0 Å². The maximum Gasteiger partial charge on any atom is 0.410 e. The van der Waals surface area contributed by atoms with Crippen LogP contribution in [0, 0.1) is 6.92 Å². The van der Waals surface area contributed by atoms with E-state index < -0.39 is 23.1 Å². The van der Waals surface area contributed by atoms with Crippen molar-refractivity contribution in [1.29, 1.82) is 0 Å². The number of benzene rings is 1. The highest BCUT2D eigenvalue weighted by Gasteiger charge is 2.32. The summed E-state index contributed by atoms with van der Waals surface area (Å²) in [5, 5.41) is 0. The fraction of sp³-hybridized carbons (Fsp3) is 0.500. The van der Waals surface area contributed by atoms with E-state index in [0.717, 1.165) is 11.1 Å².